The second-order valence-electron chi connectivity index (χ2n) is 4.35. The Balaban J connectivity index is 0.000000637. The third-order valence-electron chi connectivity index (χ3n) is 3.24. The van der Waals surface area contributed by atoms with E-state index >= 15 is 0 Å². The molecule has 0 fully saturated rings. The van der Waals surface area contributed by atoms with Crippen molar-refractivity contribution in [3.8, 4) is 11.3 Å². The van der Waals surface area contributed by atoms with Gasteiger partial charge in [-0.25, -0.2) is 4.42 Å². The Morgan fingerprint density at radius 2 is 1.79 bits per heavy atom. The van der Waals surface area contributed by atoms with Crippen molar-refractivity contribution >= 4 is 11.8 Å². The molecule has 102 valence electrons. The van der Waals surface area contributed by atoms with E-state index in [1.165, 1.54) is 16.8 Å². The molecule has 0 saturated carbocycles. The van der Waals surface area contributed by atoms with Gasteiger partial charge in [0.1, 0.15) is 0 Å². The SMILES string of the molecule is CC.Cc1c(-c2ccccc2)nn2c1CN(Cl)CC2. The van der Waals surface area contributed by atoms with Crippen LogP contribution < -0.4 is 0 Å². The summed E-state index contributed by atoms with van der Waals surface area (Å²) in [6.07, 6.45) is 0. The van der Waals surface area contributed by atoms with E-state index in [1.54, 1.807) is 0 Å². The molecule has 1 aromatic carbocycles. The van der Waals surface area contributed by atoms with E-state index in [2.05, 4.69) is 28.8 Å². The molecule has 2 heterocycles. The fourth-order valence-electron chi connectivity index (χ4n) is 2.29. The van der Waals surface area contributed by atoms with E-state index in [4.69, 9.17) is 11.8 Å². The summed E-state index contributed by atoms with van der Waals surface area (Å²) in [5, 5.41) is 4.69. The molecule has 1 aliphatic heterocycles. The van der Waals surface area contributed by atoms with Crippen LogP contribution in [-0.4, -0.2) is 20.7 Å². The average Bonchev–Trinajstić information content (AvgIpc) is 2.79. The minimum Gasteiger partial charge on any atom is -0.266 e. The van der Waals surface area contributed by atoms with E-state index in [0.717, 1.165) is 25.3 Å². The minimum absolute atomic E-state index is 0.771. The van der Waals surface area contributed by atoms with Crippen molar-refractivity contribution in [3.63, 3.8) is 0 Å². The Morgan fingerprint density at radius 3 is 2.47 bits per heavy atom. The number of fused-ring (bicyclic) bond motifs is 1. The summed E-state index contributed by atoms with van der Waals surface area (Å²) < 4.78 is 3.90. The largest absolute Gasteiger partial charge is 0.266 e. The zero-order chi connectivity index (χ0) is 13.8. The molecule has 1 aliphatic rings. The highest BCUT2D eigenvalue weighted by Crippen LogP contribution is 2.27. The van der Waals surface area contributed by atoms with Crippen molar-refractivity contribution in [1.82, 2.24) is 14.2 Å². The number of hydrogen-bond donors (Lipinski definition) is 0. The van der Waals surface area contributed by atoms with Crippen LogP contribution in [0, 0.1) is 6.92 Å². The molecule has 0 saturated heterocycles. The summed E-state index contributed by atoms with van der Waals surface area (Å²) in [6.45, 7) is 8.61. The molecule has 0 bridgehead atoms. The summed E-state index contributed by atoms with van der Waals surface area (Å²) in [5.74, 6) is 0. The van der Waals surface area contributed by atoms with Gasteiger partial charge in [-0.15, -0.1) is 0 Å². The van der Waals surface area contributed by atoms with Crippen LogP contribution in [-0.2, 0) is 13.1 Å². The van der Waals surface area contributed by atoms with Gasteiger partial charge in [-0.2, -0.15) is 5.10 Å². The number of rotatable bonds is 1. The quantitative estimate of drug-likeness (QED) is 0.738. The molecular formula is C15H20ClN3. The van der Waals surface area contributed by atoms with Crippen LogP contribution >= 0.6 is 11.8 Å². The van der Waals surface area contributed by atoms with Crippen LogP contribution in [0.1, 0.15) is 25.1 Å². The van der Waals surface area contributed by atoms with Crippen molar-refractivity contribution < 1.29 is 0 Å². The Kier molecular flexibility index (Phi) is 4.61. The standard InChI is InChI=1S/C13H14ClN3.C2H6/c1-10-12-9-16(14)7-8-17(12)15-13(10)11-5-3-2-4-6-11;1-2/h2-6H,7-9H2,1H3;1-2H3. The molecule has 19 heavy (non-hydrogen) atoms. The first-order valence-electron chi connectivity index (χ1n) is 6.78. The van der Waals surface area contributed by atoms with Crippen LogP contribution in [0.5, 0.6) is 0 Å². The lowest BCUT2D eigenvalue weighted by Crippen LogP contribution is -2.27. The van der Waals surface area contributed by atoms with Crippen LogP contribution in [0.3, 0.4) is 0 Å². The number of aromatic nitrogens is 2. The summed E-state index contributed by atoms with van der Waals surface area (Å²) >= 11 is 6.06. The molecule has 3 rings (SSSR count). The van der Waals surface area contributed by atoms with Gasteiger partial charge in [-0.05, 0) is 24.3 Å². The van der Waals surface area contributed by atoms with Crippen LogP contribution in [0.2, 0.25) is 0 Å². The van der Waals surface area contributed by atoms with Crippen molar-refractivity contribution in [2.45, 2.75) is 33.9 Å². The molecule has 2 aromatic rings. The summed E-state index contributed by atoms with van der Waals surface area (Å²) in [4.78, 5) is 0. The molecule has 3 nitrogen and oxygen atoms in total. The highest BCUT2D eigenvalue weighted by molar-refractivity contribution is 6.13. The Bertz CT molecular complexity index is 534. The zero-order valence-corrected chi connectivity index (χ0v) is 12.5. The number of benzene rings is 1. The average molecular weight is 278 g/mol. The molecule has 0 atom stereocenters. The third kappa shape index (κ3) is 2.82. The summed E-state index contributed by atoms with van der Waals surface area (Å²) in [7, 11) is 0. The molecule has 4 heteroatoms. The summed E-state index contributed by atoms with van der Waals surface area (Å²) in [6, 6.07) is 10.3. The van der Waals surface area contributed by atoms with E-state index in [0.29, 0.717) is 0 Å². The van der Waals surface area contributed by atoms with Gasteiger partial charge in [0.2, 0.25) is 0 Å². The van der Waals surface area contributed by atoms with Gasteiger partial charge >= 0.3 is 0 Å². The molecule has 0 N–H and O–H groups in total. The maximum atomic E-state index is 6.06. The molecule has 0 radical (unpaired) electrons. The third-order valence-corrected chi connectivity index (χ3v) is 3.53. The fraction of sp³-hybridized carbons (Fsp3) is 0.400. The number of nitrogens with zero attached hydrogens (tertiary/aromatic N) is 3. The second kappa shape index (κ2) is 6.22. The fourth-order valence-corrected chi connectivity index (χ4v) is 2.48. The molecule has 0 unspecified atom stereocenters. The van der Waals surface area contributed by atoms with Crippen LogP contribution in [0.25, 0.3) is 11.3 Å². The smallest absolute Gasteiger partial charge is 0.0955 e. The van der Waals surface area contributed by atoms with Gasteiger partial charge in [-0.1, -0.05) is 44.2 Å². The lowest BCUT2D eigenvalue weighted by atomic mass is 10.1. The highest BCUT2D eigenvalue weighted by Gasteiger charge is 2.21. The number of hydrogen-bond acceptors (Lipinski definition) is 2. The highest BCUT2D eigenvalue weighted by atomic mass is 35.5. The van der Waals surface area contributed by atoms with Gasteiger partial charge in [0.05, 0.1) is 24.5 Å². The Hall–Kier alpha value is -1.32. The zero-order valence-electron chi connectivity index (χ0n) is 11.7. The lowest BCUT2D eigenvalue weighted by molar-refractivity contribution is 0.344. The molecule has 1 aromatic heterocycles. The van der Waals surface area contributed by atoms with E-state index < -0.39 is 0 Å². The Morgan fingerprint density at radius 1 is 1.11 bits per heavy atom. The van der Waals surface area contributed by atoms with Crippen molar-refractivity contribution in [2.24, 2.45) is 0 Å². The Labute approximate surface area is 119 Å². The first kappa shape index (κ1) is 14.1. The van der Waals surface area contributed by atoms with Crippen molar-refractivity contribution in [2.75, 3.05) is 6.54 Å². The maximum absolute atomic E-state index is 6.06. The molecule has 0 amide bonds. The van der Waals surface area contributed by atoms with Gasteiger partial charge in [-0.3, -0.25) is 4.68 Å². The first-order valence-corrected chi connectivity index (χ1v) is 7.12. The lowest BCUT2D eigenvalue weighted by Gasteiger charge is -2.21. The van der Waals surface area contributed by atoms with Crippen molar-refractivity contribution in [1.29, 1.82) is 0 Å². The minimum atomic E-state index is 0.771. The first-order chi connectivity index (χ1) is 9.25. The van der Waals surface area contributed by atoms with E-state index in [9.17, 15) is 0 Å². The predicted octanol–water partition coefficient (Wildman–Crippen LogP) is 3.85. The van der Waals surface area contributed by atoms with E-state index in [-0.39, 0.29) is 0 Å². The maximum Gasteiger partial charge on any atom is 0.0955 e. The normalized spacial score (nSPS) is 14.5. The predicted molar refractivity (Wildman–Crippen MR) is 80.0 cm³/mol. The van der Waals surface area contributed by atoms with Gasteiger partial charge in [0.25, 0.3) is 0 Å². The van der Waals surface area contributed by atoms with Gasteiger partial charge in [0, 0.05) is 12.1 Å². The number of halogens is 1. The topological polar surface area (TPSA) is 21.1 Å². The molecular weight excluding hydrogens is 258 g/mol. The van der Waals surface area contributed by atoms with Gasteiger partial charge in [0.15, 0.2) is 0 Å². The second-order valence-corrected chi connectivity index (χ2v) is 4.83. The molecule has 0 aliphatic carbocycles. The summed E-state index contributed by atoms with van der Waals surface area (Å²) in [5.41, 5.74) is 4.72. The van der Waals surface area contributed by atoms with E-state index in [1.807, 2.05) is 36.5 Å². The molecule has 0 spiro atoms. The van der Waals surface area contributed by atoms with Crippen LogP contribution in [0.4, 0.5) is 0 Å². The van der Waals surface area contributed by atoms with Crippen molar-refractivity contribution in [3.05, 3.63) is 41.6 Å². The van der Waals surface area contributed by atoms with Gasteiger partial charge < -0.3 is 0 Å². The van der Waals surface area contributed by atoms with Crippen LogP contribution in [0.15, 0.2) is 30.3 Å². The monoisotopic (exact) mass is 277 g/mol.